The zero-order valence-corrected chi connectivity index (χ0v) is 19.6. The molecular formula is C26H26N4O2S. The first-order chi connectivity index (χ1) is 16.0. The van der Waals surface area contributed by atoms with Crippen molar-refractivity contribution in [2.45, 2.75) is 19.9 Å². The van der Waals surface area contributed by atoms with Crippen LogP contribution in [0.4, 0.5) is 0 Å². The molecule has 0 bridgehead atoms. The molecule has 0 atom stereocenters. The highest BCUT2D eigenvalue weighted by Crippen LogP contribution is 2.29. The number of carbonyl (C=O) groups is 1. The summed E-state index contributed by atoms with van der Waals surface area (Å²) in [6.07, 6.45) is 1.44. The van der Waals surface area contributed by atoms with Crippen LogP contribution in [0, 0.1) is 13.8 Å². The molecule has 2 aromatic carbocycles. The molecule has 168 valence electrons. The molecule has 1 saturated heterocycles. The first-order valence-electron chi connectivity index (χ1n) is 11.2. The van der Waals surface area contributed by atoms with Crippen molar-refractivity contribution in [1.82, 2.24) is 19.2 Å². The number of benzene rings is 2. The van der Waals surface area contributed by atoms with Gasteiger partial charge in [0.15, 0.2) is 4.96 Å². The van der Waals surface area contributed by atoms with Crippen LogP contribution in [0.5, 0.6) is 0 Å². The highest BCUT2D eigenvalue weighted by molar-refractivity contribution is 7.17. The Morgan fingerprint density at radius 1 is 0.909 bits per heavy atom. The fraction of sp³-hybridized carbons (Fsp3) is 0.269. The Labute approximate surface area is 196 Å². The molecule has 6 nitrogen and oxygen atoms in total. The molecule has 1 fully saturated rings. The predicted molar refractivity (Wildman–Crippen MR) is 131 cm³/mol. The molecular weight excluding hydrogens is 432 g/mol. The summed E-state index contributed by atoms with van der Waals surface area (Å²) in [5.74, 6) is -0.235. The number of aromatic nitrogens is 2. The quantitative estimate of drug-likeness (QED) is 0.465. The van der Waals surface area contributed by atoms with Crippen LogP contribution in [-0.2, 0) is 0 Å². The average Bonchev–Trinajstić information content (AvgIpc) is 3.15. The van der Waals surface area contributed by atoms with Crippen LogP contribution in [-0.4, -0.2) is 51.3 Å². The first-order valence-corrected chi connectivity index (χ1v) is 12.0. The van der Waals surface area contributed by atoms with E-state index in [4.69, 9.17) is 0 Å². The van der Waals surface area contributed by atoms with Crippen LogP contribution >= 0.6 is 11.3 Å². The highest BCUT2D eigenvalue weighted by atomic mass is 32.1. The molecule has 33 heavy (non-hydrogen) atoms. The largest absolute Gasteiger partial charge is 0.336 e. The van der Waals surface area contributed by atoms with E-state index in [9.17, 15) is 9.59 Å². The number of carbonyl (C=O) groups excluding carboxylic acids is 1. The molecule has 4 aromatic rings. The molecule has 3 heterocycles. The van der Waals surface area contributed by atoms with Gasteiger partial charge in [0.25, 0.3) is 11.5 Å². The molecule has 1 aliphatic rings. The second-order valence-electron chi connectivity index (χ2n) is 8.39. The number of hydrogen-bond acceptors (Lipinski definition) is 5. The van der Waals surface area contributed by atoms with Crippen LogP contribution in [0.3, 0.4) is 0 Å². The third kappa shape index (κ3) is 3.98. The van der Waals surface area contributed by atoms with Crippen molar-refractivity contribution in [3.05, 3.63) is 104 Å². The minimum absolute atomic E-state index is 0.129. The van der Waals surface area contributed by atoms with Gasteiger partial charge in [0.2, 0.25) is 0 Å². The van der Waals surface area contributed by atoms with E-state index in [2.05, 4.69) is 58.4 Å². The standard InChI is InChI=1S/C26H26N4O2S/c1-18-19(2)33-26-27-17-22(25(32)30(18)26)24(31)29-15-13-28(14-16-29)23(20-9-5-3-6-10-20)21-11-7-4-8-12-21/h3-12,17,23H,13-16H2,1-2H3. The fourth-order valence-corrected chi connectivity index (χ4v) is 5.49. The lowest BCUT2D eigenvalue weighted by Gasteiger charge is -2.39. The van der Waals surface area contributed by atoms with Crippen molar-refractivity contribution in [2.75, 3.05) is 26.2 Å². The summed E-state index contributed by atoms with van der Waals surface area (Å²) >= 11 is 1.47. The maximum absolute atomic E-state index is 13.3. The zero-order valence-electron chi connectivity index (χ0n) is 18.8. The second kappa shape index (κ2) is 8.92. The lowest BCUT2D eigenvalue weighted by Crippen LogP contribution is -2.50. The van der Waals surface area contributed by atoms with E-state index in [0.717, 1.165) is 23.7 Å². The normalized spacial score (nSPS) is 14.8. The van der Waals surface area contributed by atoms with Crippen molar-refractivity contribution in [2.24, 2.45) is 0 Å². The van der Waals surface area contributed by atoms with Gasteiger partial charge in [-0.1, -0.05) is 60.7 Å². The molecule has 0 N–H and O–H groups in total. The summed E-state index contributed by atoms with van der Waals surface area (Å²) in [6, 6.07) is 21.1. The summed E-state index contributed by atoms with van der Waals surface area (Å²) < 4.78 is 1.56. The number of thiazole rings is 1. The van der Waals surface area contributed by atoms with E-state index in [1.807, 2.05) is 26.0 Å². The summed E-state index contributed by atoms with van der Waals surface area (Å²) in [5, 5.41) is 0. The maximum atomic E-state index is 13.3. The summed E-state index contributed by atoms with van der Waals surface area (Å²) in [7, 11) is 0. The van der Waals surface area contributed by atoms with Crippen molar-refractivity contribution in [1.29, 1.82) is 0 Å². The van der Waals surface area contributed by atoms with Crippen LogP contribution in [0.15, 0.2) is 71.7 Å². The number of hydrogen-bond donors (Lipinski definition) is 0. The smallest absolute Gasteiger partial charge is 0.271 e. The molecule has 2 aromatic heterocycles. The number of rotatable bonds is 4. The third-order valence-corrected chi connectivity index (χ3v) is 7.52. The van der Waals surface area contributed by atoms with Crippen molar-refractivity contribution >= 4 is 22.2 Å². The van der Waals surface area contributed by atoms with Gasteiger partial charge in [0, 0.05) is 42.9 Å². The fourth-order valence-electron chi connectivity index (χ4n) is 4.56. The van der Waals surface area contributed by atoms with E-state index < -0.39 is 0 Å². The number of amides is 1. The number of piperazine rings is 1. The third-order valence-electron chi connectivity index (χ3n) is 6.45. The minimum atomic E-state index is -0.277. The van der Waals surface area contributed by atoms with Crippen LogP contribution in [0.25, 0.3) is 4.96 Å². The van der Waals surface area contributed by atoms with E-state index in [0.29, 0.717) is 18.1 Å². The van der Waals surface area contributed by atoms with Gasteiger partial charge in [0.1, 0.15) is 5.56 Å². The average molecular weight is 459 g/mol. The molecule has 5 rings (SSSR count). The SMILES string of the molecule is Cc1sc2ncc(C(=O)N3CCN(C(c4ccccc4)c4ccccc4)CC3)c(=O)n2c1C. The van der Waals surface area contributed by atoms with Crippen LogP contribution < -0.4 is 5.56 Å². The Morgan fingerprint density at radius 2 is 1.48 bits per heavy atom. The zero-order chi connectivity index (χ0) is 22.9. The van der Waals surface area contributed by atoms with Crippen molar-refractivity contribution in [3.63, 3.8) is 0 Å². The molecule has 1 aliphatic heterocycles. The van der Waals surface area contributed by atoms with Gasteiger partial charge in [0.05, 0.1) is 6.04 Å². The lowest BCUT2D eigenvalue weighted by atomic mass is 9.96. The summed E-state index contributed by atoms with van der Waals surface area (Å²) in [6.45, 7) is 6.45. The first kappa shape index (κ1) is 21.6. The Hall–Kier alpha value is -3.29. The Morgan fingerprint density at radius 3 is 2.06 bits per heavy atom. The maximum Gasteiger partial charge on any atom is 0.271 e. The van der Waals surface area contributed by atoms with Crippen molar-refractivity contribution < 1.29 is 4.79 Å². The molecule has 0 unspecified atom stereocenters. The Kier molecular flexibility index (Phi) is 5.83. The van der Waals surface area contributed by atoms with E-state index >= 15 is 0 Å². The topological polar surface area (TPSA) is 57.9 Å². The monoisotopic (exact) mass is 458 g/mol. The van der Waals surface area contributed by atoms with Gasteiger partial charge in [-0.05, 0) is 25.0 Å². The number of aryl methyl sites for hydroxylation is 2. The van der Waals surface area contributed by atoms with Crippen LogP contribution in [0.1, 0.15) is 38.1 Å². The number of nitrogens with zero attached hydrogens (tertiary/aromatic N) is 4. The Balaban J connectivity index is 1.38. The molecule has 1 amide bonds. The molecule has 0 spiro atoms. The number of fused-ring (bicyclic) bond motifs is 1. The highest BCUT2D eigenvalue weighted by Gasteiger charge is 2.30. The molecule has 0 saturated carbocycles. The van der Waals surface area contributed by atoms with Gasteiger partial charge < -0.3 is 4.90 Å². The van der Waals surface area contributed by atoms with E-state index in [-0.39, 0.29) is 23.1 Å². The van der Waals surface area contributed by atoms with Gasteiger partial charge >= 0.3 is 0 Å². The second-order valence-corrected chi connectivity index (χ2v) is 9.57. The van der Waals surface area contributed by atoms with E-state index in [1.54, 1.807) is 9.30 Å². The molecule has 0 aliphatic carbocycles. The predicted octanol–water partition coefficient (Wildman–Crippen LogP) is 3.92. The van der Waals surface area contributed by atoms with E-state index in [1.165, 1.54) is 28.7 Å². The minimum Gasteiger partial charge on any atom is -0.336 e. The van der Waals surface area contributed by atoms with Gasteiger partial charge in [-0.15, -0.1) is 11.3 Å². The lowest BCUT2D eigenvalue weighted by molar-refractivity contribution is 0.0595. The van der Waals surface area contributed by atoms with Crippen LogP contribution in [0.2, 0.25) is 0 Å². The van der Waals surface area contributed by atoms with Gasteiger partial charge in [-0.3, -0.25) is 18.9 Å². The van der Waals surface area contributed by atoms with Gasteiger partial charge in [-0.2, -0.15) is 0 Å². The van der Waals surface area contributed by atoms with Gasteiger partial charge in [-0.25, -0.2) is 4.98 Å². The summed E-state index contributed by atoms with van der Waals surface area (Å²) in [4.78, 5) is 36.6. The Bertz CT molecular complexity index is 1300. The molecule has 0 radical (unpaired) electrons. The van der Waals surface area contributed by atoms with Crippen molar-refractivity contribution in [3.8, 4) is 0 Å². The summed E-state index contributed by atoms with van der Waals surface area (Å²) in [5.41, 5.74) is 3.19. The molecule has 7 heteroatoms.